The van der Waals surface area contributed by atoms with Gasteiger partial charge in [0.25, 0.3) is 0 Å². The number of allylic oxidation sites excluding steroid dienone is 1. The predicted molar refractivity (Wildman–Crippen MR) is 79.6 cm³/mol. The van der Waals surface area contributed by atoms with Gasteiger partial charge >= 0.3 is 0 Å². The topological polar surface area (TPSA) is 18.5 Å². The second kappa shape index (κ2) is 6.28. The summed E-state index contributed by atoms with van der Waals surface area (Å²) in [5.41, 5.74) is 1.22. The van der Waals surface area contributed by atoms with E-state index < -0.39 is 0 Å². The molecule has 0 N–H and O–H groups in total. The molecule has 0 spiro atoms. The smallest absolute Gasteiger partial charge is 0.122 e. The fourth-order valence-electron chi connectivity index (χ4n) is 2.31. The van der Waals surface area contributed by atoms with E-state index >= 15 is 0 Å². The first-order chi connectivity index (χ1) is 9.26. The van der Waals surface area contributed by atoms with Crippen molar-refractivity contribution in [1.82, 2.24) is 0 Å². The van der Waals surface area contributed by atoms with Crippen molar-refractivity contribution in [1.29, 1.82) is 0 Å². The van der Waals surface area contributed by atoms with E-state index in [-0.39, 0.29) is 0 Å². The van der Waals surface area contributed by atoms with Crippen LogP contribution in [0.15, 0.2) is 48.7 Å². The van der Waals surface area contributed by atoms with Gasteiger partial charge in [0, 0.05) is 12.0 Å². The third-order valence-corrected chi connectivity index (χ3v) is 3.22. The highest BCUT2D eigenvalue weighted by molar-refractivity contribution is 5.87. The van der Waals surface area contributed by atoms with Crippen molar-refractivity contribution in [2.75, 3.05) is 13.7 Å². The van der Waals surface area contributed by atoms with E-state index in [2.05, 4.69) is 36.9 Å². The lowest BCUT2D eigenvalue weighted by atomic mass is 9.99. The van der Waals surface area contributed by atoms with Crippen molar-refractivity contribution in [3.8, 4) is 5.75 Å². The van der Waals surface area contributed by atoms with Crippen molar-refractivity contribution in [2.45, 2.75) is 19.8 Å². The van der Waals surface area contributed by atoms with Crippen LogP contribution >= 0.6 is 0 Å². The lowest BCUT2D eigenvalue weighted by molar-refractivity contribution is 0.220. The molecule has 0 atom stereocenters. The monoisotopic (exact) mass is 256 g/mol. The van der Waals surface area contributed by atoms with Gasteiger partial charge in [0.05, 0.1) is 19.5 Å². The van der Waals surface area contributed by atoms with Gasteiger partial charge in [-0.2, -0.15) is 0 Å². The Morgan fingerprint density at radius 3 is 2.68 bits per heavy atom. The second-order valence-electron chi connectivity index (χ2n) is 4.44. The average Bonchev–Trinajstić information content (AvgIpc) is 2.44. The zero-order valence-corrected chi connectivity index (χ0v) is 11.6. The molecule has 0 amide bonds. The maximum absolute atomic E-state index is 5.48. The van der Waals surface area contributed by atoms with Crippen LogP contribution in [0.1, 0.15) is 18.9 Å². The Labute approximate surface area is 114 Å². The molecule has 0 radical (unpaired) electrons. The SMILES string of the molecule is C=C(CCc1c(OC)ccc2ccccc12)OCC. The Bertz CT molecular complexity index is 572. The molecule has 0 fully saturated rings. The number of fused-ring (bicyclic) bond motifs is 1. The van der Waals surface area contributed by atoms with Gasteiger partial charge < -0.3 is 9.47 Å². The van der Waals surface area contributed by atoms with Crippen LogP contribution in [0.3, 0.4) is 0 Å². The summed E-state index contributed by atoms with van der Waals surface area (Å²) in [6.45, 7) is 6.58. The summed E-state index contributed by atoms with van der Waals surface area (Å²) in [5.74, 6) is 1.76. The van der Waals surface area contributed by atoms with Gasteiger partial charge in [-0.05, 0) is 30.2 Å². The molecule has 2 nitrogen and oxygen atoms in total. The average molecular weight is 256 g/mol. The maximum Gasteiger partial charge on any atom is 0.122 e. The molecule has 0 bridgehead atoms. The molecule has 2 aromatic rings. The molecule has 0 aliphatic heterocycles. The minimum atomic E-state index is 0.672. The molecule has 0 aromatic heterocycles. The minimum Gasteiger partial charge on any atom is -0.499 e. The third kappa shape index (κ3) is 3.08. The van der Waals surface area contributed by atoms with E-state index in [1.165, 1.54) is 16.3 Å². The van der Waals surface area contributed by atoms with Crippen LogP contribution < -0.4 is 4.74 Å². The molecule has 19 heavy (non-hydrogen) atoms. The fourth-order valence-corrected chi connectivity index (χ4v) is 2.31. The Morgan fingerprint density at radius 1 is 1.16 bits per heavy atom. The highest BCUT2D eigenvalue weighted by Gasteiger charge is 2.08. The molecule has 2 heteroatoms. The van der Waals surface area contributed by atoms with Crippen LogP contribution in [0, 0.1) is 0 Å². The summed E-state index contributed by atoms with van der Waals surface area (Å²) in [7, 11) is 1.71. The highest BCUT2D eigenvalue weighted by atomic mass is 16.5. The number of rotatable bonds is 6. The summed E-state index contributed by atoms with van der Waals surface area (Å²) in [6.07, 6.45) is 1.70. The Balaban J connectivity index is 2.31. The van der Waals surface area contributed by atoms with E-state index in [4.69, 9.17) is 9.47 Å². The highest BCUT2D eigenvalue weighted by Crippen LogP contribution is 2.29. The zero-order chi connectivity index (χ0) is 13.7. The normalized spacial score (nSPS) is 10.4. The summed E-state index contributed by atoms with van der Waals surface area (Å²) in [6, 6.07) is 12.5. The molecule has 2 aromatic carbocycles. The van der Waals surface area contributed by atoms with Gasteiger partial charge in [-0.3, -0.25) is 0 Å². The lowest BCUT2D eigenvalue weighted by Gasteiger charge is -2.13. The molecule has 2 rings (SSSR count). The van der Waals surface area contributed by atoms with Crippen LogP contribution in [-0.2, 0) is 11.2 Å². The molecule has 100 valence electrons. The lowest BCUT2D eigenvalue weighted by Crippen LogP contribution is -1.97. The zero-order valence-electron chi connectivity index (χ0n) is 11.6. The van der Waals surface area contributed by atoms with E-state index in [1.807, 2.05) is 13.0 Å². The molecular formula is C17H20O2. The minimum absolute atomic E-state index is 0.672. The van der Waals surface area contributed by atoms with Crippen molar-refractivity contribution < 1.29 is 9.47 Å². The van der Waals surface area contributed by atoms with E-state index in [0.717, 1.165) is 24.4 Å². The Kier molecular flexibility index (Phi) is 4.45. The third-order valence-electron chi connectivity index (χ3n) is 3.22. The number of benzene rings is 2. The molecule has 0 heterocycles. The first kappa shape index (κ1) is 13.5. The summed E-state index contributed by atoms with van der Waals surface area (Å²) in [5, 5.41) is 2.48. The van der Waals surface area contributed by atoms with Crippen LogP contribution in [0.4, 0.5) is 0 Å². The first-order valence-corrected chi connectivity index (χ1v) is 6.61. The molecule has 0 aliphatic carbocycles. The van der Waals surface area contributed by atoms with Crippen molar-refractivity contribution in [3.05, 3.63) is 54.3 Å². The maximum atomic E-state index is 5.48. The molecule has 0 saturated carbocycles. The number of aryl methyl sites for hydroxylation is 1. The number of hydrogen-bond donors (Lipinski definition) is 0. The first-order valence-electron chi connectivity index (χ1n) is 6.61. The van der Waals surface area contributed by atoms with Gasteiger partial charge in [-0.1, -0.05) is 36.9 Å². The largest absolute Gasteiger partial charge is 0.499 e. The number of methoxy groups -OCH3 is 1. The molecule has 0 unspecified atom stereocenters. The Hall–Kier alpha value is -1.96. The van der Waals surface area contributed by atoms with Crippen LogP contribution in [-0.4, -0.2) is 13.7 Å². The quantitative estimate of drug-likeness (QED) is 0.716. The fraction of sp³-hybridized carbons (Fsp3) is 0.294. The van der Waals surface area contributed by atoms with Gasteiger partial charge in [0.1, 0.15) is 5.75 Å². The van der Waals surface area contributed by atoms with Gasteiger partial charge in [0.2, 0.25) is 0 Å². The van der Waals surface area contributed by atoms with E-state index in [0.29, 0.717) is 6.61 Å². The van der Waals surface area contributed by atoms with Crippen LogP contribution in [0.5, 0.6) is 5.75 Å². The van der Waals surface area contributed by atoms with E-state index in [1.54, 1.807) is 7.11 Å². The predicted octanol–water partition coefficient (Wildman–Crippen LogP) is 4.33. The van der Waals surface area contributed by atoms with Gasteiger partial charge in [-0.15, -0.1) is 0 Å². The van der Waals surface area contributed by atoms with Crippen LogP contribution in [0.25, 0.3) is 10.8 Å². The standard InChI is InChI=1S/C17H20O2/c1-4-19-13(2)9-11-16-15-8-6-5-7-14(15)10-12-17(16)18-3/h5-8,10,12H,2,4,9,11H2,1,3H3. The van der Waals surface area contributed by atoms with Crippen molar-refractivity contribution in [3.63, 3.8) is 0 Å². The summed E-state index contributed by atoms with van der Waals surface area (Å²) in [4.78, 5) is 0. The van der Waals surface area contributed by atoms with Gasteiger partial charge in [-0.25, -0.2) is 0 Å². The van der Waals surface area contributed by atoms with E-state index in [9.17, 15) is 0 Å². The van der Waals surface area contributed by atoms with Crippen molar-refractivity contribution >= 4 is 10.8 Å². The number of hydrogen-bond acceptors (Lipinski definition) is 2. The molecule has 0 aliphatic rings. The van der Waals surface area contributed by atoms with Gasteiger partial charge in [0.15, 0.2) is 0 Å². The summed E-state index contributed by atoms with van der Waals surface area (Å²) >= 11 is 0. The molecule has 0 saturated heterocycles. The van der Waals surface area contributed by atoms with Crippen molar-refractivity contribution in [2.24, 2.45) is 0 Å². The molecular weight excluding hydrogens is 236 g/mol. The second-order valence-corrected chi connectivity index (χ2v) is 4.44. The van der Waals surface area contributed by atoms with Crippen LogP contribution in [0.2, 0.25) is 0 Å². The summed E-state index contributed by atoms with van der Waals surface area (Å²) < 4.78 is 10.9. The number of ether oxygens (including phenoxy) is 2. The Morgan fingerprint density at radius 2 is 1.95 bits per heavy atom.